The van der Waals surface area contributed by atoms with Gasteiger partial charge in [0.15, 0.2) is 0 Å². The molecule has 0 fully saturated rings. The predicted molar refractivity (Wildman–Crippen MR) is 115 cm³/mol. The smallest absolute Gasteiger partial charge is 0.0780 e. The van der Waals surface area contributed by atoms with Crippen molar-refractivity contribution in [1.82, 2.24) is 0 Å². The van der Waals surface area contributed by atoms with E-state index in [4.69, 9.17) is 0 Å². The van der Waals surface area contributed by atoms with Crippen molar-refractivity contribution in [2.75, 3.05) is 27.7 Å². The van der Waals surface area contributed by atoms with E-state index in [1.807, 2.05) is 0 Å². The lowest BCUT2D eigenvalue weighted by molar-refractivity contribution is -0.870. The number of halogens is 2. The lowest BCUT2D eigenvalue weighted by atomic mass is 10.0. The minimum absolute atomic E-state index is 0. The molecule has 1 nitrogen and oxygen atoms in total. The van der Waals surface area contributed by atoms with E-state index in [1.54, 1.807) is 0 Å². The van der Waals surface area contributed by atoms with Crippen LogP contribution < -0.4 is 17.0 Å². The Kier molecular flexibility index (Phi) is 32.5. The van der Waals surface area contributed by atoms with Gasteiger partial charge in [0.2, 0.25) is 0 Å². The molecule has 0 aromatic carbocycles. The van der Waals surface area contributed by atoms with Gasteiger partial charge in [0.1, 0.15) is 0 Å². The zero-order valence-electron chi connectivity index (χ0n) is 16.5. The SMILES string of the molecule is Br.CCCCCCCCCCCCCCCC[N+](C)(C)C.P.[Br-]. The fraction of sp³-hybridized carbons (Fsp3) is 1.00. The van der Waals surface area contributed by atoms with Crippen LogP contribution in [0.25, 0.3) is 0 Å². The molecule has 0 rings (SSSR count). The first-order chi connectivity index (χ1) is 9.56. The summed E-state index contributed by atoms with van der Waals surface area (Å²) < 4.78 is 1.12. The summed E-state index contributed by atoms with van der Waals surface area (Å²) in [5, 5.41) is 0. The molecule has 0 aliphatic rings. The number of rotatable bonds is 15. The number of quaternary nitrogens is 1. The monoisotopic (exact) mass is 477 g/mol. The topological polar surface area (TPSA) is 0 Å². The van der Waals surface area contributed by atoms with Gasteiger partial charge < -0.3 is 21.5 Å². The Balaban J connectivity index is -0.000000602. The molecule has 1 unspecified atom stereocenters. The Bertz CT molecular complexity index is 196. The van der Waals surface area contributed by atoms with E-state index in [2.05, 4.69) is 28.1 Å². The van der Waals surface area contributed by atoms with Gasteiger partial charge in [-0.15, -0.1) is 17.0 Å². The van der Waals surface area contributed by atoms with Crippen molar-refractivity contribution in [2.45, 2.75) is 96.8 Å². The first-order valence-corrected chi connectivity index (χ1v) is 9.36. The first kappa shape index (κ1) is 32.1. The molecule has 0 N–H and O–H groups in total. The average molecular weight is 479 g/mol. The van der Waals surface area contributed by atoms with Crippen LogP contribution in [0.3, 0.4) is 0 Å². The van der Waals surface area contributed by atoms with E-state index >= 15 is 0 Å². The molecule has 0 radical (unpaired) electrons. The van der Waals surface area contributed by atoms with Crippen molar-refractivity contribution < 1.29 is 21.5 Å². The maximum absolute atomic E-state index is 2.29. The fourth-order valence-corrected chi connectivity index (χ4v) is 2.78. The molecule has 0 spiro atoms. The van der Waals surface area contributed by atoms with E-state index in [1.165, 1.54) is 96.4 Å². The third-order valence-electron chi connectivity index (χ3n) is 4.18. The Morgan fingerprint density at radius 2 is 0.783 bits per heavy atom. The lowest BCUT2D eigenvalue weighted by Crippen LogP contribution is -3.00. The summed E-state index contributed by atoms with van der Waals surface area (Å²) in [7, 11) is 6.88. The molecule has 0 aromatic heterocycles. The van der Waals surface area contributed by atoms with Crippen LogP contribution in [0.2, 0.25) is 0 Å². The van der Waals surface area contributed by atoms with E-state index < -0.39 is 0 Å². The van der Waals surface area contributed by atoms with E-state index in [9.17, 15) is 0 Å². The van der Waals surface area contributed by atoms with Crippen LogP contribution in [-0.2, 0) is 0 Å². The van der Waals surface area contributed by atoms with Crippen LogP contribution in [0.15, 0.2) is 0 Å². The third-order valence-corrected chi connectivity index (χ3v) is 4.18. The lowest BCUT2D eigenvalue weighted by Gasteiger charge is -2.23. The highest BCUT2D eigenvalue weighted by Gasteiger charge is 2.04. The van der Waals surface area contributed by atoms with Gasteiger partial charge in [-0.05, 0) is 12.8 Å². The van der Waals surface area contributed by atoms with Gasteiger partial charge in [-0.25, -0.2) is 0 Å². The number of unbranched alkanes of at least 4 members (excludes halogenated alkanes) is 13. The summed E-state index contributed by atoms with van der Waals surface area (Å²) in [5.41, 5.74) is 0. The standard InChI is InChI=1S/C19H42N.2BrH.H3P/c1-5-6-7-8-9-10-11-12-13-14-15-16-17-18-19-20(2,3)4;;;/h5-19H2,1-4H3;2*1H;1H3/q+1;;;/p-1. The quantitative estimate of drug-likeness (QED) is 0.191. The van der Waals surface area contributed by atoms with Crippen LogP contribution in [-0.4, -0.2) is 32.2 Å². The zero-order valence-corrected chi connectivity index (χ0v) is 21.3. The first-order valence-electron chi connectivity index (χ1n) is 9.36. The van der Waals surface area contributed by atoms with Gasteiger partial charge in [0.05, 0.1) is 27.7 Å². The van der Waals surface area contributed by atoms with Crippen molar-refractivity contribution in [3.8, 4) is 0 Å². The van der Waals surface area contributed by atoms with Gasteiger partial charge in [0.25, 0.3) is 0 Å². The molecular weight excluding hydrogens is 433 g/mol. The zero-order chi connectivity index (χ0) is 15.1. The highest BCUT2D eigenvalue weighted by atomic mass is 79.9. The number of hydrogen-bond acceptors (Lipinski definition) is 0. The van der Waals surface area contributed by atoms with E-state index in [0.717, 1.165) is 4.48 Å². The predicted octanol–water partition coefficient (Wildman–Crippen LogP) is 3.81. The van der Waals surface area contributed by atoms with Crippen molar-refractivity contribution in [3.05, 3.63) is 0 Å². The van der Waals surface area contributed by atoms with E-state index in [0.29, 0.717) is 0 Å². The number of hydrogen-bond donors (Lipinski definition) is 0. The Morgan fingerprint density at radius 1 is 0.522 bits per heavy atom. The summed E-state index contributed by atoms with van der Waals surface area (Å²) in [4.78, 5) is 0. The van der Waals surface area contributed by atoms with E-state index in [-0.39, 0.29) is 43.9 Å². The second kappa shape index (κ2) is 23.4. The number of nitrogens with zero attached hydrogens (tertiary/aromatic N) is 1. The third kappa shape index (κ3) is 31.6. The molecule has 4 heteroatoms. The largest absolute Gasteiger partial charge is 1.00 e. The molecular formula is C19H46Br2NP. The molecule has 0 amide bonds. The molecule has 0 aromatic rings. The molecule has 0 saturated heterocycles. The summed E-state index contributed by atoms with van der Waals surface area (Å²) in [5.74, 6) is 0. The minimum atomic E-state index is 0. The van der Waals surface area contributed by atoms with Gasteiger partial charge in [-0.1, -0.05) is 84.0 Å². The Labute approximate surface area is 172 Å². The highest BCUT2D eigenvalue weighted by Crippen LogP contribution is 2.13. The van der Waals surface area contributed by atoms with Crippen molar-refractivity contribution >= 4 is 26.9 Å². The fourth-order valence-electron chi connectivity index (χ4n) is 2.78. The molecule has 0 aliphatic heterocycles. The van der Waals surface area contributed by atoms with Gasteiger partial charge in [-0.2, -0.15) is 9.90 Å². The molecule has 0 saturated carbocycles. The van der Waals surface area contributed by atoms with Gasteiger partial charge in [-0.3, -0.25) is 0 Å². The maximum atomic E-state index is 2.29. The molecule has 1 atom stereocenters. The minimum Gasteiger partial charge on any atom is -1.00 e. The second-order valence-electron chi connectivity index (χ2n) is 7.61. The average Bonchev–Trinajstić information content (AvgIpc) is 2.38. The van der Waals surface area contributed by atoms with Crippen molar-refractivity contribution in [3.63, 3.8) is 0 Å². The Morgan fingerprint density at radius 3 is 1.04 bits per heavy atom. The van der Waals surface area contributed by atoms with Crippen molar-refractivity contribution in [2.24, 2.45) is 0 Å². The maximum Gasteiger partial charge on any atom is 0.0780 e. The summed E-state index contributed by atoms with van der Waals surface area (Å²) in [6.07, 6.45) is 20.4. The molecule has 0 heterocycles. The van der Waals surface area contributed by atoms with Crippen LogP contribution in [0.5, 0.6) is 0 Å². The molecule has 0 aliphatic carbocycles. The van der Waals surface area contributed by atoms with Crippen LogP contribution >= 0.6 is 26.9 Å². The summed E-state index contributed by atoms with van der Waals surface area (Å²) in [6.45, 7) is 3.63. The second-order valence-corrected chi connectivity index (χ2v) is 7.61. The van der Waals surface area contributed by atoms with Crippen LogP contribution in [0.4, 0.5) is 0 Å². The molecule has 146 valence electrons. The van der Waals surface area contributed by atoms with Gasteiger partial charge in [0, 0.05) is 0 Å². The summed E-state index contributed by atoms with van der Waals surface area (Å²) in [6, 6.07) is 0. The van der Waals surface area contributed by atoms with Crippen LogP contribution in [0, 0.1) is 0 Å². The van der Waals surface area contributed by atoms with Gasteiger partial charge >= 0.3 is 0 Å². The molecule has 23 heavy (non-hydrogen) atoms. The van der Waals surface area contributed by atoms with Crippen LogP contribution in [0.1, 0.15) is 96.8 Å². The highest BCUT2D eigenvalue weighted by molar-refractivity contribution is 8.93. The Hall–Kier alpha value is 1.35. The van der Waals surface area contributed by atoms with Crippen molar-refractivity contribution in [1.29, 1.82) is 0 Å². The normalized spacial score (nSPS) is 10.4. The summed E-state index contributed by atoms with van der Waals surface area (Å²) >= 11 is 0. The molecule has 0 bridgehead atoms.